The van der Waals surface area contributed by atoms with Crippen molar-refractivity contribution >= 4 is 11.9 Å². The lowest BCUT2D eigenvalue weighted by Gasteiger charge is -2.12. The van der Waals surface area contributed by atoms with Crippen LogP contribution in [-0.2, 0) is 11.2 Å². The molecule has 0 aliphatic heterocycles. The summed E-state index contributed by atoms with van der Waals surface area (Å²) in [5.41, 5.74) is 2.84. The van der Waals surface area contributed by atoms with E-state index in [1.54, 1.807) is 20.0 Å². The third-order valence-corrected chi connectivity index (χ3v) is 2.91. The lowest BCUT2D eigenvalue weighted by molar-refractivity contribution is -0.118. The normalized spacial score (nSPS) is 12.9. The van der Waals surface area contributed by atoms with Gasteiger partial charge in [0.05, 0.1) is 6.04 Å². The van der Waals surface area contributed by atoms with Crippen LogP contribution in [0, 0.1) is 6.92 Å². The molecule has 0 aromatic carbocycles. The van der Waals surface area contributed by atoms with Crippen molar-refractivity contribution in [3.05, 3.63) is 41.5 Å². The number of nitrogens with one attached hydrogen (secondary N) is 2. The van der Waals surface area contributed by atoms with E-state index in [-0.39, 0.29) is 11.8 Å². The maximum atomic E-state index is 12.7. The van der Waals surface area contributed by atoms with E-state index >= 15 is 0 Å². The van der Waals surface area contributed by atoms with Gasteiger partial charge >= 0.3 is 0 Å². The predicted molar refractivity (Wildman–Crippen MR) is 72.0 cm³/mol. The Morgan fingerprint density at radius 1 is 1.67 bits per heavy atom. The first-order valence-electron chi connectivity index (χ1n) is 5.82. The van der Waals surface area contributed by atoms with E-state index in [9.17, 15) is 9.18 Å². The highest BCUT2D eigenvalue weighted by molar-refractivity contribution is 5.82. The molecule has 1 aromatic rings. The molecule has 1 unspecified atom stereocenters. The second-order valence-corrected chi connectivity index (χ2v) is 4.29. The number of hydrogen-bond donors (Lipinski definition) is 2. The molecule has 1 atom stereocenters. The van der Waals surface area contributed by atoms with Crippen molar-refractivity contribution < 1.29 is 9.18 Å². The summed E-state index contributed by atoms with van der Waals surface area (Å²) >= 11 is 0. The van der Waals surface area contributed by atoms with E-state index in [0.717, 1.165) is 16.8 Å². The number of aromatic amines is 1. The summed E-state index contributed by atoms with van der Waals surface area (Å²) in [4.78, 5) is 14.5. The van der Waals surface area contributed by atoms with E-state index in [0.29, 0.717) is 6.42 Å². The Labute approximate surface area is 107 Å². The van der Waals surface area contributed by atoms with Crippen molar-refractivity contribution in [1.82, 2.24) is 10.3 Å². The number of carbonyl (C=O) groups excluding carboxylic acids is 1. The van der Waals surface area contributed by atoms with Gasteiger partial charge in [-0.1, -0.05) is 12.7 Å². The fraction of sp³-hybridized carbons (Fsp3) is 0.357. The van der Waals surface area contributed by atoms with Crippen LogP contribution in [0.5, 0.6) is 0 Å². The summed E-state index contributed by atoms with van der Waals surface area (Å²) in [6.07, 6.45) is 5.43. The Morgan fingerprint density at radius 2 is 2.33 bits per heavy atom. The topological polar surface area (TPSA) is 44.9 Å². The number of ketones is 1. The molecule has 1 aromatic heterocycles. The zero-order chi connectivity index (χ0) is 13.7. The molecule has 4 heteroatoms. The van der Waals surface area contributed by atoms with Crippen LogP contribution in [0.15, 0.2) is 24.7 Å². The van der Waals surface area contributed by atoms with Crippen molar-refractivity contribution in [1.29, 1.82) is 0 Å². The van der Waals surface area contributed by atoms with Crippen molar-refractivity contribution in [3.8, 4) is 0 Å². The van der Waals surface area contributed by atoms with Gasteiger partial charge in [-0.05, 0) is 44.5 Å². The zero-order valence-corrected chi connectivity index (χ0v) is 11.0. The first-order valence-corrected chi connectivity index (χ1v) is 5.82. The molecule has 0 spiro atoms. The standard InChI is InChI=1S/C14H19FN2O/c1-9(15)5-6-13-10(2)17-8-12(13)7-14(16-4)11(3)18/h5-6,8,14,16-17H,1,7H2,2-4H3/b6-5-. The predicted octanol–water partition coefficient (Wildman–Crippen LogP) is 2.54. The molecule has 0 radical (unpaired) electrons. The molecule has 0 bridgehead atoms. The minimum absolute atomic E-state index is 0.0844. The summed E-state index contributed by atoms with van der Waals surface area (Å²) in [5, 5.41) is 2.97. The molecule has 0 aliphatic carbocycles. The summed E-state index contributed by atoms with van der Waals surface area (Å²) in [6, 6.07) is -0.221. The molecule has 18 heavy (non-hydrogen) atoms. The van der Waals surface area contributed by atoms with Gasteiger partial charge in [-0.2, -0.15) is 0 Å². The molecule has 0 saturated carbocycles. The lowest BCUT2D eigenvalue weighted by atomic mass is 10.0. The maximum absolute atomic E-state index is 12.7. The van der Waals surface area contributed by atoms with Crippen molar-refractivity contribution in [2.24, 2.45) is 0 Å². The molecule has 0 fully saturated rings. The van der Waals surface area contributed by atoms with Crippen LogP contribution >= 0.6 is 0 Å². The Kier molecular flexibility index (Phi) is 5.04. The SMILES string of the molecule is C=C(F)/C=C\c1c(CC(NC)C(C)=O)c[nH]c1C. The van der Waals surface area contributed by atoms with Gasteiger partial charge in [0.15, 0.2) is 0 Å². The number of halogens is 1. The first-order chi connectivity index (χ1) is 8.45. The molecule has 98 valence electrons. The highest BCUT2D eigenvalue weighted by atomic mass is 19.1. The number of rotatable bonds is 6. The van der Waals surface area contributed by atoms with Gasteiger partial charge in [0.2, 0.25) is 0 Å². The van der Waals surface area contributed by atoms with Gasteiger partial charge in [0.1, 0.15) is 11.6 Å². The van der Waals surface area contributed by atoms with E-state index in [1.165, 1.54) is 6.08 Å². The first kappa shape index (κ1) is 14.4. The second-order valence-electron chi connectivity index (χ2n) is 4.29. The number of allylic oxidation sites excluding steroid dienone is 2. The van der Waals surface area contributed by atoms with Crippen LogP contribution in [0.3, 0.4) is 0 Å². The quantitative estimate of drug-likeness (QED) is 0.762. The Hall–Kier alpha value is -1.68. The zero-order valence-electron chi connectivity index (χ0n) is 11.0. The highest BCUT2D eigenvalue weighted by Crippen LogP contribution is 2.18. The number of carbonyl (C=O) groups is 1. The van der Waals surface area contributed by atoms with Crippen LogP contribution in [0.4, 0.5) is 4.39 Å². The monoisotopic (exact) mass is 250 g/mol. The third-order valence-electron chi connectivity index (χ3n) is 2.91. The van der Waals surface area contributed by atoms with Gasteiger partial charge in [0, 0.05) is 11.9 Å². The van der Waals surface area contributed by atoms with Crippen LogP contribution in [0.1, 0.15) is 23.7 Å². The van der Waals surface area contributed by atoms with Crippen LogP contribution in [0.2, 0.25) is 0 Å². The van der Waals surface area contributed by atoms with Gasteiger partial charge in [-0.3, -0.25) is 4.79 Å². The van der Waals surface area contributed by atoms with Gasteiger partial charge < -0.3 is 10.3 Å². The number of aryl methyl sites for hydroxylation is 1. The molecule has 0 amide bonds. The van der Waals surface area contributed by atoms with Crippen LogP contribution in [0.25, 0.3) is 6.08 Å². The Balaban J connectivity index is 2.96. The summed E-state index contributed by atoms with van der Waals surface area (Å²) in [7, 11) is 1.75. The second kappa shape index (κ2) is 6.31. The molecule has 1 rings (SSSR count). The van der Waals surface area contributed by atoms with E-state index < -0.39 is 5.83 Å². The van der Waals surface area contributed by atoms with E-state index in [1.807, 2.05) is 13.1 Å². The van der Waals surface area contributed by atoms with Crippen molar-refractivity contribution in [2.45, 2.75) is 26.3 Å². The molecular formula is C14H19FN2O. The molecular weight excluding hydrogens is 231 g/mol. The number of H-pyrrole nitrogens is 1. The summed E-state index contributed by atoms with van der Waals surface area (Å²) in [6.45, 7) is 6.65. The molecule has 0 saturated heterocycles. The number of Topliss-reactive ketones (excluding diaryl/α,β-unsaturated/α-hetero) is 1. The third kappa shape index (κ3) is 3.67. The number of likely N-dealkylation sites (N-methyl/N-ethyl adjacent to an activating group) is 1. The van der Waals surface area contributed by atoms with Gasteiger partial charge in [0.25, 0.3) is 0 Å². The van der Waals surface area contributed by atoms with E-state index in [2.05, 4.69) is 16.9 Å². The summed E-state index contributed by atoms with van der Waals surface area (Å²) < 4.78 is 12.7. The number of hydrogen-bond acceptors (Lipinski definition) is 2. The van der Waals surface area contributed by atoms with Crippen molar-refractivity contribution in [3.63, 3.8) is 0 Å². The van der Waals surface area contributed by atoms with Crippen molar-refractivity contribution in [2.75, 3.05) is 7.05 Å². The fourth-order valence-corrected chi connectivity index (χ4v) is 1.84. The van der Waals surface area contributed by atoms with E-state index in [4.69, 9.17) is 0 Å². The largest absolute Gasteiger partial charge is 0.364 e. The highest BCUT2D eigenvalue weighted by Gasteiger charge is 2.15. The fourth-order valence-electron chi connectivity index (χ4n) is 1.84. The number of aromatic nitrogens is 1. The van der Waals surface area contributed by atoms with Gasteiger partial charge in [-0.25, -0.2) is 4.39 Å². The maximum Gasteiger partial charge on any atom is 0.147 e. The minimum atomic E-state index is -0.488. The summed E-state index contributed by atoms with van der Waals surface area (Å²) in [5.74, 6) is -0.403. The minimum Gasteiger partial charge on any atom is -0.364 e. The average molecular weight is 250 g/mol. The average Bonchev–Trinajstić information content (AvgIpc) is 2.63. The van der Waals surface area contributed by atoms with Crippen LogP contribution < -0.4 is 5.32 Å². The molecule has 2 N–H and O–H groups in total. The molecule has 1 heterocycles. The Morgan fingerprint density at radius 3 is 2.83 bits per heavy atom. The molecule has 0 aliphatic rings. The van der Waals surface area contributed by atoms with Crippen LogP contribution in [-0.4, -0.2) is 23.9 Å². The smallest absolute Gasteiger partial charge is 0.147 e. The van der Waals surface area contributed by atoms with Gasteiger partial charge in [-0.15, -0.1) is 0 Å². The molecule has 3 nitrogen and oxygen atoms in total. The lowest BCUT2D eigenvalue weighted by Crippen LogP contribution is -2.34. The Bertz CT molecular complexity index is 474.